The summed E-state index contributed by atoms with van der Waals surface area (Å²) < 4.78 is 38.6. The fourth-order valence-electron chi connectivity index (χ4n) is 1.05. The third-order valence-corrected chi connectivity index (χ3v) is 2.17. The zero-order valence-corrected chi connectivity index (χ0v) is 8.19. The first-order chi connectivity index (χ1) is 6.91. The fraction of sp³-hybridized carbons (Fsp3) is 0.222. The molecule has 0 bridgehead atoms. The Hall–Kier alpha value is -1.23. The van der Waals surface area contributed by atoms with E-state index in [0.29, 0.717) is 12.1 Å². The molecule has 2 nitrogen and oxygen atoms in total. The molecule has 0 heterocycles. The van der Waals surface area contributed by atoms with E-state index in [4.69, 9.17) is 17.3 Å². The van der Waals surface area contributed by atoms with Gasteiger partial charge in [0.1, 0.15) is 22.8 Å². The molecule has 1 aromatic rings. The van der Waals surface area contributed by atoms with Gasteiger partial charge in [-0.2, -0.15) is 0 Å². The molecule has 1 amide bonds. The van der Waals surface area contributed by atoms with Gasteiger partial charge in [-0.3, -0.25) is 4.79 Å². The van der Waals surface area contributed by atoms with Crippen LogP contribution in [0.25, 0.3) is 0 Å². The van der Waals surface area contributed by atoms with Gasteiger partial charge in [-0.1, -0.05) is 0 Å². The van der Waals surface area contributed by atoms with E-state index < -0.39 is 40.7 Å². The molecule has 0 saturated heterocycles. The number of halogens is 4. The lowest BCUT2D eigenvalue weighted by atomic mass is 10.1. The molecular weight excluding hydrogens is 231 g/mol. The van der Waals surface area contributed by atoms with Crippen molar-refractivity contribution < 1.29 is 18.0 Å². The van der Waals surface area contributed by atoms with Crippen molar-refractivity contribution in [2.45, 2.75) is 11.8 Å². The van der Waals surface area contributed by atoms with Crippen LogP contribution < -0.4 is 5.73 Å². The van der Waals surface area contributed by atoms with Crippen LogP contribution in [0.4, 0.5) is 13.2 Å². The normalized spacial score (nSPS) is 12.5. The molecule has 0 aliphatic rings. The van der Waals surface area contributed by atoms with Crippen LogP contribution in [0.3, 0.4) is 0 Å². The number of hydrogen-bond acceptors (Lipinski definition) is 1. The molecule has 0 aliphatic carbocycles. The molecule has 0 aromatic heterocycles. The average Bonchev–Trinajstić information content (AvgIpc) is 2.10. The van der Waals surface area contributed by atoms with Crippen LogP contribution in [0.5, 0.6) is 0 Å². The molecule has 15 heavy (non-hydrogen) atoms. The topological polar surface area (TPSA) is 43.1 Å². The number of amides is 1. The van der Waals surface area contributed by atoms with Gasteiger partial charge in [0, 0.05) is 24.1 Å². The Morgan fingerprint density at radius 3 is 2.20 bits per heavy atom. The highest BCUT2D eigenvalue weighted by Gasteiger charge is 2.18. The first kappa shape index (κ1) is 11.8. The third kappa shape index (κ3) is 2.86. The molecule has 6 heteroatoms. The van der Waals surface area contributed by atoms with Gasteiger partial charge in [0.25, 0.3) is 0 Å². The minimum absolute atomic E-state index is 0.408. The highest BCUT2D eigenvalue weighted by Crippen LogP contribution is 2.18. The predicted molar refractivity (Wildman–Crippen MR) is 48.9 cm³/mol. The first-order valence-corrected chi connectivity index (χ1v) is 4.42. The van der Waals surface area contributed by atoms with Gasteiger partial charge in [0.15, 0.2) is 0 Å². The van der Waals surface area contributed by atoms with E-state index >= 15 is 0 Å². The number of primary amides is 1. The molecule has 0 aliphatic heterocycles. The van der Waals surface area contributed by atoms with Crippen LogP contribution in [-0.4, -0.2) is 11.3 Å². The van der Waals surface area contributed by atoms with Crippen molar-refractivity contribution in [3.8, 4) is 0 Å². The summed E-state index contributed by atoms with van der Waals surface area (Å²) in [6.07, 6.45) is -0.408. The maximum atomic E-state index is 13.0. The number of hydrogen-bond donors (Lipinski definition) is 1. The number of alkyl halides is 1. The maximum absolute atomic E-state index is 13.0. The third-order valence-electron chi connectivity index (χ3n) is 1.80. The molecule has 0 spiro atoms. The predicted octanol–water partition coefficient (Wildman–Crippen LogP) is 1.74. The molecule has 0 fully saturated rings. The Morgan fingerprint density at radius 1 is 1.33 bits per heavy atom. The van der Waals surface area contributed by atoms with E-state index in [2.05, 4.69) is 0 Å². The molecule has 1 unspecified atom stereocenters. The Morgan fingerprint density at radius 2 is 1.80 bits per heavy atom. The first-order valence-electron chi connectivity index (χ1n) is 3.98. The zero-order valence-electron chi connectivity index (χ0n) is 7.44. The summed E-state index contributed by atoms with van der Waals surface area (Å²) in [6, 6.07) is 1.03. The van der Waals surface area contributed by atoms with Crippen molar-refractivity contribution >= 4 is 17.5 Å². The van der Waals surface area contributed by atoms with E-state index in [9.17, 15) is 18.0 Å². The Labute approximate surface area is 88.8 Å². The summed E-state index contributed by atoms with van der Waals surface area (Å²) in [6.45, 7) is 0. The van der Waals surface area contributed by atoms with Gasteiger partial charge in [-0.05, 0) is 0 Å². The minimum atomic E-state index is -1.22. The van der Waals surface area contributed by atoms with Gasteiger partial charge in [-0.25, -0.2) is 13.2 Å². The maximum Gasteiger partial charge on any atom is 0.235 e. The van der Waals surface area contributed by atoms with E-state index in [1.165, 1.54) is 0 Å². The standard InChI is InChI=1S/C9H7ClF3NO/c10-6(9(14)15)3-5-7(12)1-4(11)2-8(5)13/h1-2,6H,3H2,(H2,14,15). The van der Waals surface area contributed by atoms with Crippen molar-refractivity contribution in [1.82, 2.24) is 0 Å². The van der Waals surface area contributed by atoms with Crippen LogP contribution in [0.15, 0.2) is 12.1 Å². The number of nitrogens with two attached hydrogens (primary N) is 1. The zero-order chi connectivity index (χ0) is 11.6. The van der Waals surface area contributed by atoms with Gasteiger partial charge < -0.3 is 5.73 Å². The second-order valence-corrected chi connectivity index (χ2v) is 3.45. The molecule has 0 radical (unpaired) electrons. The van der Waals surface area contributed by atoms with Gasteiger partial charge >= 0.3 is 0 Å². The second-order valence-electron chi connectivity index (χ2n) is 2.92. The fourth-order valence-corrected chi connectivity index (χ4v) is 1.20. The lowest BCUT2D eigenvalue weighted by Gasteiger charge is -2.07. The monoisotopic (exact) mass is 237 g/mol. The van der Waals surface area contributed by atoms with Crippen LogP contribution in [0, 0.1) is 17.5 Å². The Kier molecular flexibility index (Phi) is 3.57. The van der Waals surface area contributed by atoms with Gasteiger partial charge in [-0.15, -0.1) is 11.6 Å². The molecular formula is C9H7ClF3NO. The molecule has 2 N–H and O–H groups in total. The summed E-state index contributed by atoms with van der Waals surface area (Å²) in [7, 11) is 0. The quantitative estimate of drug-likeness (QED) is 0.800. The molecule has 1 atom stereocenters. The highest BCUT2D eigenvalue weighted by molar-refractivity contribution is 6.30. The summed E-state index contributed by atoms with van der Waals surface area (Å²) >= 11 is 5.43. The summed E-state index contributed by atoms with van der Waals surface area (Å²) in [5.41, 5.74) is 4.38. The number of carbonyl (C=O) groups is 1. The smallest absolute Gasteiger partial charge is 0.235 e. The van der Waals surface area contributed by atoms with Crippen molar-refractivity contribution in [2.75, 3.05) is 0 Å². The number of rotatable bonds is 3. The summed E-state index contributed by atoms with van der Waals surface area (Å²) in [4.78, 5) is 10.6. The molecule has 0 saturated carbocycles. The Balaban J connectivity index is 3.00. The lowest BCUT2D eigenvalue weighted by Crippen LogP contribution is -2.26. The van der Waals surface area contributed by atoms with Crippen LogP contribution in [-0.2, 0) is 11.2 Å². The van der Waals surface area contributed by atoms with Crippen molar-refractivity contribution in [1.29, 1.82) is 0 Å². The van der Waals surface area contributed by atoms with E-state index in [1.54, 1.807) is 0 Å². The average molecular weight is 238 g/mol. The minimum Gasteiger partial charge on any atom is -0.368 e. The molecule has 1 aromatic carbocycles. The lowest BCUT2D eigenvalue weighted by molar-refractivity contribution is -0.117. The second kappa shape index (κ2) is 4.53. The van der Waals surface area contributed by atoms with Crippen LogP contribution >= 0.6 is 11.6 Å². The van der Waals surface area contributed by atoms with Crippen molar-refractivity contribution in [2.24, 2.45) is 5.73 Å². The SMILES string of the molecule is NC(=O)C(Cl)Cc1c(F)cc(F)cc1F. The summed E-state index contributed by atoms with van der Waals surface area (Å²) in [5.74, 6) is -4.09. The van der Waals surface area contributed by atoms with E-state index in [-0.39, 0.29) is 0 Å². The van der Waals surface area contributed by atoms with E-state index in [1.807, 2.05) is 0 Å². The largest absolute Gasteiger partial charge is 0.368 e. The molecule has 1 rings (SSSR count). The van der Waals surface area contributed by atoms with Crippen LogP contribution in [0.2, 0.25) is 0 Å². The number of carbonyl (C=O) groups excluding carboxylic acids is 1. The highest BCUT2D eigenvalue weighted by atomic mass is 35.5. The van der Waals surface area contributed by atoms with Crippen LogP contribution in [0.1, 0.15) is 5.56 Å². The van der Waals surface area contributed by atoms with Gasteiger partial charge in [0.05, 0.1) is 0 Å². The van der Waals surface area contributed by atoms with Crippen molar-refractivity contribution in [3.05, 3.63) is 35.1 Å². The van der Waals surface area contributed by atoms with E-state index in [0.717, 1.165) is 0 Å². The van der Waals surface area contributed by atoms with Gasteiger partial charge in [0.2, 0.25) is 5.91 Å². The van der Waals surface area contributed by atoms with Crippen molar-refractivity contribution in [3.63, 3.8) is 0 Å². The summed E-state index contributed by atoms with van der Waals surface area (Å²) in [5, 5.41) is -1.22. The Bertz CT molecular complexity index is 374. The number of benzene rings is 1. The molecule has 82 valence electrons.